The van der Waals surface area contributed by atoms with Crippen LogP contribution >= 0.6 is 35.4 Å². The third-order valence-electron chi connectivity index (χ3n) is 3.84. The maximum Gasteiger partial charge on any atom is 0.257 e. The molecule has 0 unspecified atom stereocenters. The Kier molecular flexibility index (Phi) is 8.70. The molecule has 0 aliphatic heterocycles. The van der Waals surface area contributed by atoms with E-state index in [0.717, 1.165) is 19.3 Å². The molecule has 0 aliphatic rings. The van der Waals surface area contributed by atoms with E-state index in [0.29, 0.717) is 33.4 Å². The summed E-state index contributed by atoms with van der Waals surface area (Å²) in [5.41, 5.74) is 1.74. The second kappa shape index (κ2) is 11.0. The standard InChI is InChI=1S/C20H21Cl2N3O2S/c1-2-3-4-5-18(26)23-14-7-9-15(10-8-14)24-20(28)25-19(27)13-6-11-16(21)17(22)12-13/h6-12H,2-5H2,1H3,(H,23,26)(H2,24,25,27,28). The van der Waals surface area contributed by atoms with Crippen LogP contribution in [-0.4, -0.2) is 16.9 Å². The summed E-state index contributed by atoms with van der Waals surface area (Å²) in [5, 5.41) is 9.16. The molecule has 2 rings (SSSR count). The highest BCUT2D eigenvalue weighted by molar-refractivity contribution is 7.80. The van der Waals surface area contributed by atoms with Crippen molar-refractivity contribution in [3.8, 4) is 0 Å². The van der Waals surface area contributed by atoms with Crippen LogP contribution in [0.15, 0.2) is 42.5 Å². The van der Waals surface area contributed by atoms with Gasteiger partial charge in [-0.1, -0.05) is 43.0 Å². The molecule has 0 atom stereocenters. The van der Waals surface area contributed by atoms with E-state index in [1.54, 1.807) is 36.4 Å². The van der Waals surface area contributed by atoms with Gasteiger partial charge < -0.3 is 10.6 Å². The predicted molar refractivity (Wildman–Crippen MR) is 119 cm³/mol. The Bertz CT molecular complexity index is 857. The highest BCUT2D eigenvalue weighted by Crippen LogP contribution is 2.22. The van der Waals surface area contributed by atoms with Crippen molar-refractivity contribution in [2.45, 2.75) is 32.6 Å². The second-order valence-corrected chi connectivity index (χ2v) is 7.34. The number of nitrogens with one attached hydrogen (secondary N) is 3. The Morgan fingerprint density at radius 1 is 0.929 bits per heavy atom. The summed E-state index contributed by atoms with van der Waals surface area (Å²) in [4.78, 5) is 24.0. The van der Waals surface area contributed by atoms with Gasteiger partial charge in [0.05, 0.1) is 10.0 Å². The van der Waals surface area contributed by atoms with Crippen LogP contribution in [0.1, 0.15) is 43.0 Å². The fourth-order valence-corrected chi connectivity index (χ4v) is 2.88. The fraction of sp³-hybridized carbons (Fsp3) is 0.250. The van der Waals surface area contributed by atoms with Crippen molar-refractivity contribution in [3.05, 3.63) is 58.1 Å². The zero-order valence-corrected chi connectivity index (χ0v) is 17.7. The van der Waals surface area contributed by atoms with Crippen molar-refractivity contribution in [1.29, 1.82) is 0 Å². The molecule has 0 saturated heterocycles. The van der Waals surface area contributed by atoms with Crippen molar-refractivity contribution in [2.75, 3.05) is 10.6 Å². The van der Waals surface area contributed by atoms with Gasteiger partial charge in [-0.3, -0.25) is 14.9 Å². The Morgan fingerprint density at radius 3 is 2.18 bits per heavy atom. The number of hydrogen-bond donors (Lipinski definition) is 3. The molecule has 0 fully saturated rings. The Balaban J connectivity index is 1.85. The second-order valence-electron chi connectivity index (χ2n) is 6.12. The molecule has 0 spiro atoms. The smallest absolute Gasteiger partial charge is 0.257 e. The van der Waals surface area contributed by atoms with Crippen LogP contribution in [0.2, 0.25) is 10.0 Å². The van der Waals surface area contributed by atoms with E-state index in [4.69, 9.17) is 35.4 Å². The molecule has 0 bridgehead atoms. The number of benzene rings is 2. The van der Waals surface area contributed by atoms with Gasteiger partial charge in [0.25, 0.3) is 5.91 Å². The van der Waals surface area contributed by atoms with Crippen molar-refractivity contribution in [3.63, 3.8) is 0 Å². The molecule has 0 aliphatic carbocycles. The maximum atomic E-state index is 12.2. The lowest BCUT2D eigenvalue weighted by atomic mass is 10.2. The van der Waals surface area contributed by atoms with E-state index < -0.39 is 5.91 Å². The topological polar surface area (TPSA) is 70.2 Å². The maximum absolute atomic E-state index is 12.2. The number of halogens is 2. The summed E-state index contributed by atoms with van der Waals surface area (Å²) >= 11 is 16.9. The Morgan fingerprint density at radius 2 is 1.57 bits per heavy atom. The van der Waals surface area contributed by atoms with Crippen LogP contribution in [0.4, 0.5) is 11.4 Å². The fourth-order valence-electron chi connectivity index (χ4n) is 2.37. The molecule has 2 aromatic carbocycles. The van der Waals surface area contributed by atoms with E-state index >= 15 is 0 Å². The SMILES string of the molecule is CCCCCC(=O)Nc1ccc(NC(=S)NC(=O)c2ccc(Cl)c(Cl)c2)cc1. The summed E-state index contributed by atoms with van der Waals surface area (Å²) in [6.45, 7) is 2.10. The molecule has 0 aromatic heterocycles. The average molecular weight is 438 g/mol. The first-order valence-corrected chi connectivity index (χ1v) is 10.0. The number of amides is 2. The summed E-state index contributed by atoms with van der Waals surface area (Å²) < 4.78 is 0. The molecule has 5 nitrogen and oxygen atoms in total. The van der Waals surface area contributed by atoms with Crippen molar-refractivity contribution in [2.24, 2.45) is 0 Å². The van der Waals surface area contributed by atoms with Gasteiger partial charge in [0, 0.05) is 23.4 Å². The van der Waals surface area contributed by atoms with Crippen molar-refractivity contribution < 1.29 is 9.59 Å². The lowest BCUT2D eigenvalue weighted by Crippen LogP contribution is -2.34. The van der Waals surface area contributed by atoms with Gasteiger partial charge in [-0.25, -0.2) is 0 Å². The van der Waals surface area contributed by atoms with Gasteiger partial charge in [0.1, 0.15) is 0 Å². The molecule has 3 N–H and O–H groups in total. The highest BCUT2D eigenvalue weighted by Gasteiger charge is 2.10. The zero-order valence-electron chi connectivity index (χ0n) is 15.4. The molecular weight excluding hydrogens is 417 g/mol. The predicted octanol–water partition coefficient (Wildman–Crippen LogP) is 5.64. The van der Waals surface area contributed by atoms with Crippen molar-refractivity contribution >= 4 is 63.7 Å². The molecule has 28 heavy (non-hydrogen) atoms. The average Bonchev–Trinajstić information content (AvgIpc) is 2.65. The number of hydrogen-bond acceptors (Lipinski definition) is 3. The molecule has 0 heterocycles. The number of unbranched alkanes of at least 4 members (excludes halogenated alkanes) is 2. The third kappa shape index (κ3) is 7.11. The summed E-state index contributed by atoms with van der Waals surface area (Å²) in [5.74, 6) is -0.398. The zero-order chi connectivity index (χ0) is 20.5. The molecule has 2 amide bonds. The number of rotatable bonds is 7. The van der Waals surface area contributed by atoms with E-state index in [9.17, 15) is 9.59 Å². The molecular formula is C20H21Cl2N3O2S. The lowest BCUT2D eigenvalue weighted by Gasteiger charge is -2.11. The lowest BCUT2D eigenvalue weighted by molar-refractivity contribution is -0.116. The van der Waals surface area contributed by atoms with Crippen LogP contribution in [0.5, 0.6) is 0 Å². The van der Waals surface area contributed by atoms with Gasteiger partial charge in [0.2, 0.25) is 5.91 Å². The van der Waals surface area contributed by atoms with E-state index in [-0.39, 0.29) is 11.0 Å². The molecule has 8 heteroatoms. The van der Waals surface area contributed by atoms with Crippen LogP contribution in [0.25, 0.3) is 0 Å². The van der Waals surface area contributed by atoms with Gasteiger partial charge >= 0.3 is 0 Å². The minimum atomic E-state index is -0.396. The van der Waals surface area contributed by atoms with Crippen LogP contribution < -0.4 is 16.0 Å². The molecule has 0 radical (unpaired) electrons. The van der Waals surface area contributed by atoms with E-state index in [2.05, 4.69) is 22.9 Å². The molecule has 2 aromatic rings. The van der Waals surface area contributed by atoms with Crippen LogP contribution in [0, 0.1) is 0 Å². The van der Waals surface area contributed by atoms with Crippen molar-refractivity contribution in [1.82, 2.24) is 5.32 Å². The first-order chi connectivity index (χ1) is 13.4. The van der Waals surface area contributed by atoms with E-state index in [1.165, 1.54) is 6.07 Å². The van der Waals surface area contributed by atoms with Gasteiger partial charge in [-0.15, -0.1) is 0 Å². The Labute approximate surface area is 179 Å². The molecule has 0 saturated carbocycles. The van der Waals surface area contributed by atoms with Gasteiger partial charge in [0.15, 0.2) is 5.11 Å². The number of carbonyl (C=O) groups is 2. The first-order valence-electron chi connectivity index (χ1n) is 8.86. The first kappa shape index (κ1) is 22.1. The Hall–Kier alpha value is -2.15. The summed E-state index contributed by atoms with van der Waals surface area (Å²) in [6.07, 6.45) is 3.52. The largest absolute Gasteiger partial charge is 0.332 e. The number of thiocarbonyl (C=S) groups is 1. The number of carbonyl (C=O) groups excluding carboxylic acids is 2. The molecule has 148 valence electrons. The summed E-state index contributed by atoms with van der Waals surface area (Å²) in [7, 11) is 0. The quantitative estimate of drug-likeness (QED) is 0.387. The minimum absolute atomic E-state index is 0.00133. The van der Waals surface area contributed by atoms with E-state index in [1.807, 2.05) is 0 Å². The summed E-state index contributed by atoms with van der Waals surface area (Å²) in [6, 6.07) is 11.6. The van der Waals surface area contributed by atoms with Gasteiger partial charge in [-0.2, -0.15) is 0 Å². The van der Waals surface area contributed by atoms with Crippen LogP contribution in [0.3, 0.4) is 0 Å². The minimum Gasteiger partial charge on any atom is -0.332 e. The normalized spacial score (nSPS) is 10.2. The monoisotopic (exact) mass is 437 g/mol. The highest BCUT2D eigenvalue weighted by atomic mass is 35.5. The number of anilines is 2. The van der Waals surface area contributed by atoms with Crippen LogP contribution in [-0.2, 0) is 4.79 Å². The van der Waals surface area contributed by atoms with Gasteiger partial charge in [-0.05, 0) is 61.1 Å². The third-order valence-corrected chi connectivity index (χ3v) is 4.79.